The first-order valence-corrected chi connectivity index (χ1v) is 7.78. The van der Waals surface area contributed by atoms with E-state index in [2.05, 4.69) is 0 Å². The van der Waals surface area contributed by atoms with Gasteiger partial charge in [0, 0.05) is 5.57 Å². The van der Waals surface area contributed by atoms with Gasteiger partial charge in [0.2, 0.25) is 0 Å². The maximum absolute atomic E-state index is 12.0. The maximum Gasteiger partial charge on any atom is 0.151 e. The molecule has 0 heterocycles. The summed E-state index contributed by atoms with van der Waals surface area (Å²) in [5.74, 6) is 0.768. The minimum absolute atomic E-state index is 0.662. The summed E-state index contributed by atoms with van der Waals surface area (Å²) in [4.78, 5) is 12.0. The minimum atomic E-state index is 0.662. The lowest BCUT2D eigenvalue weighted by Gasteiger charge is -2.13. The van der Waals surface area contributed by atoms with Gasteiger partial charge in [0.15, 0.2) is 6.29 Å². The van der Waals surface area contributed by atoms with Crippen LogP contribution in [0, 0.1) is 0 Å². The highest BCUT2D eigenvalue weighted by Gasteiger charge is 2.13. The lowest BCUT2D eigenvalue weighted by molar-refractivity contribution is -0.103. The molecule has 2 nitrogen and oxygen atoms in total. The molecular weight excluding hydrogens is 296 g/mol. The summed E-state index contributed by atoms with van der Waals surface area (Å²) in [5.41, 5.74) is 4.49. The molecule has 0 atom stereocenters. The molecule has 0 bridgehead atoms. The molecule has 0 aliphatic heterocycles. The molecule has 0 amide bonds. The van der Waals surface area contributed by atoms with Crippen molar-refractivity contribution in [1.82, 2.24) is 0 Å². The Morgan fingerprint density at radius 3 is 1.62 bits per heavy atom. The topological polar surface area (TPSA) is 26.3 Å². The SMILES string of the molecule is COc1ccc(C(C=O)=C(c2ccccc2)c2ccccc2)cc1. The van der Waals surface area contributed by atoms with Gasteiger partial charge in [-0.15, -0.1) is 0 Å². The van der Waals surface area contributed by atoms with Crippen molar-refractivity contribution in [2.24, 2.45) is 0 Å². The fourth-order valence-corrected chi connectivity index (χ4v) is 2.73. The third-order valence-electron chi connectivity index (χ3n) is 3.91. The van der Waals surface area contributed by atoms with Crippen molar-refractivity contribution < 1.29 is 9.53 Å². The molecule has 3 rings (SSSR count). The van der Waals surface area contributed by atoms with Crippen LogP contribution >= 0.6 is 0 Å². The Balaban J connectivity index is 2.23. The van der Waals surface area contributed by atoms with E-state index in [1.807, 2.05) is 84.9 Å². The number of allylic oxidation sites excluding steroid dienone is 1. The molecule has 0 aliphatic carbocycles. The van der Waals surface area contributed by atoms with E-state index in [-0.39, 0.29) is 0 Å². The fourth-order valence-electron chi connectivity index (χ4n) is 2.73. The van der Waals surface area contributed by atoms with Crippen molar-refractivity contribution in [3.05, 3.63) is 102 Å². The van der Waals surface area contributed by atoms with E-state index in [9.17, 15) is 4.79 Å². The molecule has 0 radical (unpaired) electrons. The Hall–Kier alpha value is -3.13. The summed E-state index contributed by atoms with van der Waals surface area (Å²) in [5, 5.41) is 0. The Morgan fingerprint density at radius 2 is 1.21 bits per heavy atom. The number of carbonyl (C=O) groups is 1. The standard InChI is InChI=1S/C22H18O2/c1-24-20-14-12-17(13-15-20)21(16-23)22(18-8-4-2-5-9-18)19-10-6-3-7-11-19/h2-16H,1H3. The van der Waals surface area contributed by atoms with E-state index in [1.54, 1.807) is 7.11 Å². The van der Waals surface area contributed by atoms with Crippen LogP contribution in [-0.4, -0.2) is 13.4 Å². The van der Waals surface area contributed by atoms with Gasteiger partial charge in [0.25, 0.3) is 0 Å². The van der Waals surface area contributed by atoms with E-state index in [0.717, 1.165) is 34.3 Å². The van der Waals surface area contributed by atoms with Gasteiger partial charge < -0.3 is 4.74 Å². The predicted molar refractivity (Wildman–Crippen MR) is 97.9 cm³/mol. The fraction of sp³-hybridized carbons (Fsp3) is 0.0455. The molecule has 0 saturated carbocycles. The van der Waals surface area contributed by atoms with E-state index in [0.29, 0.717) is 5.57 Å². The van der Waals surface area contributed by atoms with E-state index < -0.39 is 0 Å². The van der Waals surface area contributed by atoms with Crippen LogP contribution in [0.4, 0.5) is 0 Å². The Labute approximate surface area is 142 Å². The normalized spacial score (nSPS) is 10.0. The summed E-state index contributed by atoms with van der Waals surface area (Å²) < 4.78 is 5.21. The second-order valence-corrected chi connectivity index (χ2v) is 5.37. The van der Waals surface area contributed by atoms with Crippen molar-refractivity contribution in [1.29, 1.82) is 0 Å². The number of ether oxygens (including phenoxy) is 1. The number of benzene rings is 3. The Bertz CT molecular complexity index is 791. The minimum Gasteiger partial charge on any atom is -0.497 e. The third-order valence-corrected chi connectivity index (χ3v) is 3.91. The smallest absolute Gasteiger partial charge is 0.151 e. The molecule has 0 aliphatic rings. The average molecular weight is 314 g/mol. The van der Waals surface area contributed by atoms with Crippen LogP contribution in [0.15, 0.2) is 84.9 Å². The third kappa shape index (κ3) is 3.28. The van der Waals surface area contributed by atoms with Gasteiger partial charge in [-0.25, -0.2) is 0 Å². The zero-order valence-corrected chi connectivity index (χ0v) is 13.5. The van der Waals surface area contributed by atoms with Crippen LogP contribution in [0.5, 0.6) is 5.75 Å². The molecule has 0 N–H and O–H groups in total. The quantitative estimate of drug-likeness (QED) is 0.382. The highest BCUT2D eigenvalue weighted by atomic mass is 16.5. The van der Waals surface area contributed by atoms with Gasteiger partial charge in [-0.05, 0) is 34.4 Å². The summed E-state index contributed by atoms with van der Waals surface area (Å²) in [7, 11) is 1.63. The Kier molecular flexibility index (Phi) is 4.87. The number of carbonyl (C=O) groups excluding carboxylic acids is 1. The molecule has 2 heteroatoms. The lowest BCUT2D eigenvalue weighted by atomic mass is 9.90. The number of hydrogen-bond donors (Lipinski definition) is 0. The number of rotatable bonds is 5. The highest BCUT2D eigenvalue weighted by molar-refractivity contribution is 6.20. The molecule has 0 spiro atoms. The molecule has 0 fully saturated rings. The van der Waals surface area contributed by atoms with E-state index >= 15 is 0 Å². The number of methoxy groups -OCH3 is 1. The number of hydrogen-bond acceptors (Lipinski definition) is 2. The monoisotopic (exact) mass is 314 g/mol. The molecule has 0 unspecified atom stereocenters. The second-order valence-electron chi connectivity index (χ2n) is 5.37. The predicted octanol–water partition coefficient (Wildman–Crippen LogP) is 4.85. The van der Waals surface area contributed by atoms with E-state index in [4.69, 9.17) is 4.74 Å². The van der Waals surface area contributed by atoms with Crippen LogP contribution in [-0.2, 0) is 4.79 Å². The van der Waals surface area contributed by atoms with Crippen LogP contribution in [0.2, 0.25) is 0 Å². The maximum atomic E-state index is 12.0. The van der Waals surface area contributed by atoms with Crippen LogP contribution < -0.4 is 4.74 Å². The molecule has 0 saturated heterocycles. The van der Waals surface area contributed by atoms with E-state index in [1.165, 1.54) is 0 Å². The van der Waals surface area contributed by atoms with Gasteiger partial charge in [0.05, 0.1) is 7.11 Å². The largest absolute Gasteiger partial charge is 0.497 e. The summed E-state index contributed by atoms with van der Waals surface area (Å²) in [6, 6.07) is 27.5. The average Bonchev–Trinajstić information content (AvgIpc) is 2.67. The zero-order chi connectivity index (χ0) is 16.8. The highest BCUT2D eigenvalue weighted by Crippen LogP contribution is 2.31. The molecule has 24 heavy (non-hydrogen) atoms. The molecule has 3 aromatic rings. The van der Waals surface area contributed by atoms with Gasteiger partial charge >= 0.3 is 0 Å². The Morgan fingerprint density at radius 1 is 0.708 bits per heavy atom. The summed E-state index contributed by atoms with van der Waals surface area (Å²) in [6.45, 7) is 0. The first-order chi connectivity index (χ1) is 11.8. The van der Waals surface area contributed by atoms with Gasteiger partial charge in [-0.1, -0.05) is 72.8 Å². The van der Waals surface area contributed by atoms with Gasteiger partial charge in [-0.2, -0.15) is 0 Å². The van der Waals surface area contributed by atoms with Crippen molar-refractivity contribution in [2.45, 2.75) is 0 Å². The first kappa shape index (κ1) is 15.8. The van der Waals surface area contributed by atoms with Crippen LogP contribution in [0.25, 0.3) is 11.1 Å². The van der Waals surface area contributed by atoms with Crippen LogP contribution in [0.1, 0.15) is 16.7 Å². The molecule has 3 aromatic carbocycles. The van der Waals surface area contributed by atoms with Crippen molar-refractivity contribution in [3.8, 4) is 5.75 Å². The molecule has 0 aromatic heterocycles. The summed E-state index contributed by atoms with van der Waals surface area (Å²) >= 11 is 0. The van der Waals surface area contributed by atoms with Gasteiger partial charge in [-0.3, -0.25) is 4.79 Å². The molecule has 118 valence electrons. The summed E-state index contributed by atoms with van der Waals surface area (Å²) in [6.07, 6.45) is 0.928. The van der Waals surface area contributed by atoms with Crippen molar-refractivity contribution >= 4 is 17.4 Å². The van der Waals surface area contributed by atoms with Gasteiger partial charge in [0.1, 0.15) is 5.75 Å². The number of aldehydes is 1. The zero-order valence-electron chi connectivity index (χ0n) is 13.5. The van der Waals surface area contributed by atoms with Crippen LogP contribution in [0.3, 0.4) is 0 Å². The molecular formula is C22H18O2. The van der Waals surface area contributed by atoms with Crippen molar-refractivity contribution in [3.63, 3.8) is 0 Å². The first-order valence-electron chi connectivity index (χ1n) is 7.78. The lowest BCUT2D eigenvalue weighted by Crippen LogP contribution is -1.96. The van der Waals surface area contributed by atoms with Crippen molar-refractivity contribution in [2.75, 3.05) is 7.11 Å². The second kappa shape index (κ2) is 7.42.